The Bertz CT molecular complexity index is 689. The highest BCUT2D eigenvalue weighted by molar-refractivity contribution is 9.10. The molecule has 1 heterocycles. The van der Waals surface area contributed by atoms with Crippen LogP contribution in [0.5, 0.6) is 11.6 Å². The summed E-state index contributed by atoms with van der Waals surface area (Å²) in [6, 6.07) is 5.74. The van der Waals surface area contributed by atoms with Gasteiger partial charge in [-0.05, 0) is 53.5 Å². The highest BCUT2D eigenvalue weighted by atomic mass is 79.9. The number of ether oxygens (including phenoxy) is 1. The van der Waals surface area contributed by atoms with Crippen molar-refractivity contribution in [3.8, 4) is 11.6 Å². The molecular weight excluding hydrogens is 327 g/mol. The van der Waals surface area contributed by atoms with Crippen LogP contribution in [0.3, 0.4) is 0 Å². The molecule has 20 heavy (non-hydrogen) atoms. The fourth-order valence-corrected chi connectivity index (χ4v) is 2.16. The van der Waals surface area contributed by atoms with Gasteiger partial charge in [-0.3, -0.25) is 4.79 Å². The fourth-order valence-electron chi connectivity index (χ4n) is 1.84. The Morgan fingerprint density at radius 3 is 2.70 bits per heavy atom. The predicted molar refractivity (Wildman–Crippen MR) is 76.4 cm³/mol. The van der Waals surface area contributed by atoms with E-state index in [1.807, 2.05) is 0 Å². The van der Waals surface area contributed by atoms with E-state index in [-0.39, 0.29) is 17.2 Å². The molecule has 104 valence electrons. The molecule has 1 amide bonds. The van der Waals surface area contributed by atoms with Crippen molar-refractivity contribution in [2.75, 3.05) is 0 Å². The number of benzene rings is 1. The molecular formula is C14H12BrFN2O2. The first kappa shape index (κ1) is 14.5. The van der Waals surface area contributed by atoms with Crippen LogP contribution >= 0.6 is 15.9 Å². The molecule has 0 saturated heterocycles. The minimum Gasteiger partial charge on any atom is -0.437 e. The van der Waals surface area contributed by atoms with Crippen molar-refractivity contribution >= 4 is 21.8 Å². The molecule has 0 fully saturated rings. The van der Waals surface area contributed by atoms with Gasteiger partial charge in [0.15, 0.2) is 0 Å². The van der Waals surface area contributed by atoms with Crippen LogP contribution < -0.4 is 10.5 Å². The molecule has 1 aromatic carbocycles. The van der Waals surface area contributed by atoms with Crippen LogP contribution in [0.4, 0.5) is 4.39 Å². The van der Waals surface area contributed by atoms with Gasteiger partial charge in [-0.1, -0.05) is 0 Å². The van der Waals surface area contributed by atoms with Gasteiger partial charge >= 0.3 is 0 Å². The van der Waals surface area contributed by atoms with Gasteiger partial charge in [0.2, 0.25) is 5.88 Å². The summed E-state index contributed by atoms with van der Waals surface area (Å²) in [5.74, 6) is -0.794. The van der Waals surface area contributed by atoms with Crippen molar-refractivity contribution < 1.29 is 13.9 Å². The number of aromatic nitrogens is 1. The monoisotopic (exact) mass is 338 g/mol. The van der Waals surface area contributed by atoms with Gasteiger partial charge in [-0.15, -0.1) is 0 Å². The summed E-state index contributed by atoms with van der Waals surface area (Å²) in [6.07, 6.45) is 0. The van der Waals surface area contributed by atoms with Crippen LogP contribution in [-0.4, -0.2) is 10.9 Å². The Labute approximate surface area is 123 Å². The topological polar surface area (TPSA) is 65.2 Å². The fraction of sp³-hybridized carbons (Fsp3) is 0.143. The van der Waals surface area contributed by atoms with Crippen LogP contribution in [0.2, 0.25) is 0 Å². The number of nitrogens with two attached hydrogens (primary N) is 1. The lowest BCUT2D eigenvalue weighted by Gasteiger charge is -2.12. The van der Waals surface area contributed by atoms with E-state index in [2.05, 4.69) is 20.9 Å². The Morgan fingerprint density at radius 2 is 2.05 bits per heavy atom. The van der Waals surface area contributed by atoms with E-state index in [1.165, 1.54) is 18.2 Å². The van der Waals surface area contributed by atoms with Crippen molar-refractivity contribution in [2.24, 2.45) is 5.73 Å². The van der Waals surface area contributed by atoms with Gasteiger partial charge in [0.1, 0.15) is 17.1 Å². The number of nitrogens with zero attached hydrogens (tertiary/aromatic N) is 1. The van der Waals surface area contributed by atoms with Crippen molar-refractivity contribution in [3.63, 3.8) is 0 Å². The largest absolute Gasteiger partial charge is 0.437 e. The van der Waals surface area contributed by atoms with Crippen LogP contribution in [0.15, 0.2) is 28.7 Å². The number of hydrogen-bond acceptors (Lipinski definition) is 3. The molecule has 0 radical (unpaired) electrons. The lowest BCUT2D eigenvalue weighted by Crippen LogP contribution is -2.15. The Morgan fingerprint density at radius 1 is 1.35 bits per heavy atom. The summed E-state index contributed by atoms with van der Waals surface area (Å²) in [5.41, 5.74) is 6.86. The molecule has 6 heteroatoms. The number of carbonyl (C=O) groups excluding carboxylic acids is 1. The van der Waals surface area contributed by atoms with Crippen LogP contribution in [0.1, 0.15) is 21.6 Å². The zero-order valence-electron chi connectivity index (χ0n) is 10.9. The van der Waals surface area contributed by atoms with E-state index in [0.717, 1.165) is 0 Å². The van der Waals surface area contributed by atoms with Gasteiger partial charge in [-0.25, -0.2) is 9.37 Å². The van der Waals surface area contributed by atoms with Gasteiger partial charge in [0.05, 0.1) is 4.47 Å². The maximum Gasteiger partial charge on any atom is 0.254 e. The second kappa shape index (κ2) is 5.58. The summed E-state index contributed by atoms with van der Waals surface area (Å²) in [4.78, 5) is 15.7. The molecule has 4 nitrogen and oxygen atoms in total. The lowest BCUT2D eigenvalue weighted by molar-refractivity contribution is 0.0997. The predicted octanol–water partition coefficient (Wildman–Crippen LogP) is 3.49. The van der Waals surface area contributed by atoms with Gasteiger partial charge in [0.25, 0.3) is 5.91 Å². The summed E-state index contributed by atoms with van der Waals surface area (Å²) in [6.45, 7) is 3.51. The van der Waals surface area contributed by atoms with Crippen molar-refractivity contribution in [1.82, 2.24) is 4.98 Å². The second-order valence-corrected chi connectivity index (χ2v) is 5.16. The quantitative estimate of drug-likeness (QED) is 0.931. The normalized spacial score (nSPS) is 10.4. The highest BCUT2D eigenvalue weighted by Gasteiger charge is 2.17. The number of amides is 1. The molecule has 2 N–H and O–H groups in total. The molecule has 0 unspecified atom stereocenters. The molecule has 0 aliphatic heterocycles. The summed E-state index contributed by atoms with van der Waals surface area (Å²) in [7, 11) is 0. The Balaban J connectivity index is 2.53. The van der Waals surface area contributed by atoms with E-state index in [9.17, 15) is 9.18 Å². The van der Waals surface area contributed by atoms with Crippen molar-refractivity contribution in [2.45, 2.75) is 13.8 Å². The zero-order valence-corrected chi connectivity index (χ0v) is 12.5. The van der Waals surface area contributed by atoms with Crippen LogP contribution in [-0.2, 0) is 0 Å². The maximum absolute atomic E-state index is 13.3. The van der Waals surface area contributed by atoms with E-state index in [0.29, 0.717) is 15.7 Å². The average Bonchev–Trinajstić information content (AvgIpc) is 2.32. The number of hydrogen-bond donors (Lipinski definition) is 1. The number of rotatable bonds is 3. The number of aryl methyl sites for hydroxylation is 2. The Kier molecular flexibility index (Phi) is 4.04. The highest BCUT2D eigenvalue weighted by Crippen LogP contribution is 2.32. The molecule has 0 spiro atoms. The van der Waals surface area contributed by atoms with Crippen molar-refractivity contribution in [3.05, 3.63) is 51.4 Å². The molecule has 2 rings (SSSR count). The van der Waals surface area contributed by atoms with E-state index in [1.54, 1.807) is 19.9 Å². The first-order chi connectivity index (χ1) is 9.38. The SMILES string of the molecule is Cc1cc(C)c(C(N)=O)c(Oc2cc(F)ccc2Br)n1. The van der Waals surface area contributed by atoms with Gasteiger partial charge in [-0.2, -0.15) is 0 Å². The molecule has 0 aliphatic carbocycles. The third-order valence-electron chi connectivity index (χ3n) is 2.66. The molecule has 2 aromatic rings. The minimum absolute atomic E-state index is 0.0706. The molecule has 0 atom stereocenters. The van der Waals surface area contributed by atoms with E-state index in [4.69, 9.17) is 10.5 Å². The molecule has 0 aliphatic rings. The van der Waals surface area contributed by atoms with E-state index < -0.39 is 11.7 Å². The average molecular weight is 339 g/mol. The third kappa shape index (κ3) is 2.96. The first-order valence-electron chi connectivity index (χ1n) is 5.79. The molecule has 0 bridgehead atoms. The van der Waals surface area contributed by atoms with Crippen LogP contribution in [0.25, 0.3) is 0 Å². The minimum atomic E-state index is -0.641. The number of pyridine rings is 1. The summed E-state index contributed by atoms with van der Waals surface area (Å²) < 4.78 is 19.4. The van der Waals surface area contributed by atoms with Gasteiger partial charge < -0.3 is 10.5 Å². The van der Waals surface area contributed by atoms with Gasteiger partial charge in [0, 0.05) is 11.8 Å². The first-order valence-corrected chi connectivity index (χ1v) is 6.58. The molecule has 0 saturated carbocycles. The summed E-state index contributed by atoms with van der Waals surface area (Å²) in [5, 5.41) is 0. The lowest BCUT2D eigenvalue weighted by atomic mass is 10.1. The zero-order chi connectivity index (χ0) is 14.9. The maximum atomic E-state index is 13.3. The number of primary amides is 1. The number of carbonyl (C=O) groups is 1. The smallest absolute Gasteiger partial charge is 0.254 e. The Hall–Kier alpha value is -1.95. The van der Waals surface area contributed by atoms with Crippen LogP contribution in [0, 0.1) is 19.7 Å². The van der Waals surface area contributed by atoms with E-state index >= 15 is 0 Å². The standard InChI is InChI=1S/C14H12BrFN2O2/c1-7-5-8(2)18-14(12(7)13(17)19)20-11-6-9(16)3-4-10(11)15/h3-6H,1-2H3,(H2,17,19). The third-order valence-corrected chi connectivity index (χ3v) is 3.31. The molecule has 1 aromatic heterocycles. The number of halogens is 2. The summed E-state index contributed by atoms with van der Waals surface area (Å²) >= 11 is 3.25. The second-order valence-electron chi connectivity index (χ2n) is 4.30. The van der Waals surface area contributed by atoms with Crippen molar-refractivity contribution in [1.29, 1.82) is 0 Å².